The van der Waals surface area contributed by atoms with Gasteiger partial charge in [-0.25, -0.2) is 0 Å². The van der Waals surface area contributed by atoms with Crippen molar-refractivity contribution in [3.05, 3.63) is 18.2 Å². The summed E-state index contributed by atoms with van der Waals surface area (Å²) in [5.41, 5.74) is 0.905. The summed E-state index contributed by atoms with van der Waals surface area (Å²) in [5.74, 6) is 1.42. The quantitative estimate of drug-likeness (QED) is 0.510. The number of nitrogens with zero attached hydrogens (tertiary/aromatic N) is 1. The Labute approximate surface area is 146 Å². The number of anilines is 1. The van der Waals surface area contributed by atoms with Crippen molar-refractivity contribution in [2.24, 2.45) is 0 Å². The zero-order chi connectivity index (χ0) is 17.6. The monoisotopic (exact) mass is 339 g/mol. The molecule has 0 amide bonds. The van der Waals surface area contributed by atoms with Crippen LogP contribution in [0.2, 0.25) is 0 Å². The molecule has 0 radical (unpaired) electrons. The smallest absolute Gasteiger partial charge is 0.162 e. The van der Waals surface area contributed by atoms with E-state index < -0.39 is 0 Å². The first-order valence-electron chi connectivity index (χ1n) is 9.04. The highest BCUT2D eigenvalue weighted by atomic mass is 16.5. The van der Waals surface area contributed by atoms with Gasteiger partial charge in [0.2, 0.25) is 0 Å². The molecule has 0 fully saturated rings. The molecule has 5 nitrogen and oxygen atoms in total. The molecule has 0 bridgehead atoms. The van der Waals surface area contributed by atoms with Crippen LogP contribution in [0, 0.1) is 0 Å². The summed E-state index contributed by atoms with van der Waals surface area (Å²) < 4.78 is 11.3. The van der Waals surface area contributed by atoms with E-state index in [1.807, 2.05) is 23.1 Å². The average molecular weight is 339 g/mol. The second-order valence-corrected chi connectivity index (χ2v) is 5.89. The van der Waals surface area contributed by atoms with E-state index in [-0.39, 0.29) is 13.2 Å². The van der Waals surface area contributed by atoms with Gasteiger partial charge in [0.15, 0.2) is 11.5 Å². The van der Waals surface area contributed by atoms with Crippen LogP contribution in [0.15, 0.2) is 18.2 Å². The summed E-state index contributed by atoms with van der Waals surface area (Å²) in [4.78, 5) is 1.92. The Morgan fingerprint density at radius 1 is 0.917 bits per heavy atom. The van der Waals surface area contributed by atoms with E-state index in [1.165, 1.54) is 32.1 Å². The summed E-state index contributed by atoms with van der Waals surface area (Å²) >= 11 is 0. The van der Waals surface area contributed by atoms with Gasteiger partial charge in [0.05, 0.1) is 26.9 Å². The zero-order valence-electron chi connectivity index (χ0n) is 15.2. The average Bonchev–Trinajstić information content (AvgIpc) is 2.61. The molecule has 2 N–H and O–H groups in total. The number of ether oxygens (including phenoxy) is 2. The SMILES string of the molecule is CCCCCCCCOc1ccc(N(CCO)CCO)cc1OC. The van der Waals surface area contributed by atoms with Crippen molar-refractivity contribution in [3.63, 3.8) is 0 Å². The van der Waals surface area contributed by atoms with Crippen LogP contribution >= 0.6 is 0 Å². The highest BCUT2D eigenvalue weighted by molar-refractivity contribution is 5.56. The summed E-state index contributed by atoms with van der Waals surface area (Å²) in [5, 5.41) is 18.3. The number of rotatable bonds is 14. The van der Waals surface area contributed by atoms with E-state index in [4.69, 9.17) is 19.7 Å². The number of aliphatic hydroxyl groups is 2. The fraction of sp³-hybridized carbons (Fsp3) is 0.684. The molecular weight excluding hydrogens is 306 g/mol. The first kappa shape index (κ1) is 20.6. The van der Waals surface area contributed by atoms with Gasteiger partial charge in [-0.15, -0.1) is 0 Å². The normalized spacial score (nSPS) is 10.7. The molecule has 0 spiro atoms. The van der Waals surface area contributed by atoms with E-state index >= 15 is 0 Å². The van der Waals surface area contributed by atoms with Gasteiger partial charge < -0.3 is 24.6 Å². The molecule has 0 aliphatic heterocycles. The third kappa shape index (κ3) is 7.41. The van der Waals surface area contributed by atoms with Gasteiger partial charge in [0, 0.05) is 24.8 Å². The second-order valence-electron chi connectivity index (χ2n) is 5.89. The van der Waals surface area contributed by atoms with E-state index in [1.54, 1.807) is 7.11 Å². The summed E-state index contributed by atoms with van der Waals surface area (Å²) in [6, 6.07) is 5.72. The molecule has 24 heavy (non-hydrogen) atoms. The fourth-order valence-corrected chi connectivity index (χ4v) is 2.65. The van der Waals surface area contributed by atoms with Gasteiger partial charge in [-0.1, -0.05) is 39.0 Å². The van der Waals surface area contributed by atoms with Gasteiger partial charge in [-0.2, -0.15) is 0 Å². The molecule has 0 saturated heterocycles. The van der Waals surface area contributed by atoms with Gasteiger partial charge in [0.25, 0.3) is 0 Å². The van der Waals surface area contributed by atoms with E-state index in [2.05, 4.69) is 6.92 Å². The van der Waals surface area contributed by atoms with Crippen molar-refractivity contribution >= 4 is 5.69 Å². The first-order chi connectivity index (χ1) is 11.8. The standard InChI is InChI=1S/C19H33NO4/c1-3-4-5-6-7-8-15-24-18-10-9-17(16-19(18)23-2)20(11-13-21)12-14-22/h9-10,16,21-22H,3-8,11-15H2,1-2H3. The number of methoxy groups -OCH3 is 1. The highest BCUT2D eigenvalue weighted by Gasteiger charge is 2.10. The van der Waals surface area contributed by atoms with Gasteiger partial charge in [0.1, 0.15) is 0 Å². The topological polar surface area (TPSA) is 62.2 Å². The molecule has 5 heteroatoms. The number of unbranched alkanes of at least 4 members (excludes halogenated alkanes) is 5. The van der Waals surface area contributed by atoms with Crippen LogP contribution in [-0.2, 0) is 0 Å². The summed E-state index contributed by atoms with van der Waals surface area (Å²) in [7, 11) is 1.62. The maximum Gasteiger partial charge on any atom is 0.162 e. The molecule has 0 aliphatic rings. The molecule has 1 aromatic carbocycles. The third-order valence-corrected chi connectivity index (χ3v) is 4.01. The van der Waals surface area contributed by atoms with Crippen molar-refractivity contribution in [1.29, 1.82) is 0 Å². The lowest BCUT2D eigenvalue weighted by Gasteiger charge is -2.24. The molecule has 0 aliphatic carbocycles. The highest BCUT2D eigenvalue weighted by Crippen LogP contribution is 2.32. The summed E-state index contributed by atoms with van der Waals surface area (Å²) in [6.07, 6.45) is 7.40. The minimum Gasteiger partial charge on any atom is -0.493 e. The molecule has 1 rings (SSSR count). The number of hydrogen-bond acceptors (Lipinski definition) is 5. The van der Waals surface area contributed by atoms with E-state index in [0.717, 1.165) is 17.9 Å². The molecule has 0 heterocycles. The lowest BCUT2D eigenvalue weighted by Crippen LogP contribution is -2.29. The van der Waals surface area contributed by atoms with Crippen LogP contribution < -0.4 is 14.4 Å². The lowest BCUT2D eigenvalue weighted by atomic mass is 10.1. The molecule has 0 saturated carbocycles. The number of hydrogen-bond donors (Lipinski definition) is 2. The van der Waals surface area contributed by atoms with Gasteiger partial charge >= 0.3 is 0 Å². The Morgan fingerprint density at radius 3 is 2.21 bits per heavy atom. The second kappa shape index (κ2) is 12.9. The van der Waals surface area contributed by atoms with Gasteiger partial charge in [-0.3, -0.25) is 0 Å². The molecule has 138 valence electrons. The van der Waals surface area contributed by atoms with Crippen LogP contribution in [0.1, 0.15) is 45.4 Å². The van der Waals surface area contributed by atoms with E-state index in [0.29, 0.717) is 25.4 Å². The Hall–Kier alpha value is -1.46. The molecule has 0 unspecified atom stereocenters. The van der Waals surface area contributed by atoms with Crippen LogP contribution in [0.4, 0.5) is 5.69 Å². The Balaban J connectivity index is 2.53. The number of benzene rings is 1. The van der Waals surface area contributed by atoms with Crippen LogP contribution in [0.5, 0.6) is 11.5 Å². The predicted octanol–water partition coefficient (Wildman–Crippen LogP) is 3.23. The molecule has 1 aromatic rings. The van der Waals surface area contributed by atoms with Crippen molar-refractivity contribution < 1.29 is 19.7 Å². The van der Waals surface area contributed by atoms with Crippen LogP contribution in [0.3, 0.4) is 0 Å². The van der Waals surface area contributed by atoms with Crippen molar-refractivity contribution in [1.82, 2.24) is 0 Å². The maximum atomic E-state index is 9.15. The van der Waals surface area contributed by atoms with Crippen molar-refractivity contribution in [3.8, 4) is 11.5 Å². The van der Waals surface area contributed by atoms with Crippen LogP contribution in [-0.4, -0.2) is 50.2 Å². The first-order valence-corrected chi connectivity index (χ1v) is 9.04. The zero-order valence-corrected chi connectivity index (χ0v) is 15.2. The minimum absolute atomic E-state index is 0.0403. The fourth-order valence-electron chi connectivity index (χ4n) is 2.65. The number of aliphatic hydroxyl groups excluding tert-OH is 2. The van der Waals surface area contributed by atoms with E-state index in [9.17, 15) is 0 Å². The molecular formula is C19H33NO4. The predicted molar refractivity (Wildman–Crippen MR) is 98.2 cm³/mol. The summed E-state index contributed by atoms with van der Waals surface area (Å²) in [6.45, 7) is 3.95. The Bertz CT molecular complexity index is 433. The van der Waals surface area contributed by atoms with Crippen molar-refractivity contribution in [2.45, 2.75) is 45.4 Å². The molecule has 0 aromatic heterocycles. The third-order valence-electron chi connectivity index (χ3n) is 4.01. The van der Waals surface area contributed by atoms with Crippen LogP contribution in [0.25, 0.3) is 0 Å². The Kier molecular flexibility index (Phi) is 11.1. The lowest BCUT2D eigenvalue weighted by molar-refractivity contribution is 0.280. The Morgan fingerprint density at radius 2 is 1.58 bits per heavy atom. The molecule has 0 atom stereocenters. The maximum absolute atomic E-state index is 9.15. The van der Waals surface area contributed by atoms with Crippen molar-refractivity contribution in [2.75, 3.05) is 44.9 Å². The largest absolute Gasteiger partial charge is 0.493 e. The van der Waals surface area contributed by atoms with Gasteiger partial charge in [-0.05, 0) is 18.6 Å². The minimum atomic E-state index is 0.0403.